The zero-order valence-corrected chi connectivity index (χ0v) is 31.4. The van der Waals surface area contributed by atoms with Gasteiger partial charge in [0.15, 0.2) is 5.82 Å². The standard InChI is InChI=1S/C54H34N4/c1-4-16-35(17-5-1)53-46-32-37(28-30-47(46)55-54(56-53)36-18-6-2-7-19-36)39-29-31-50(41-23-11-10-22-40(39)41)58-49-27-15-13-25-43(49)45-33-44-42-24-12-14-26-48(42)57(51(44)34-52(45)58)38-20-8-3-9-21-38/h1-34H. The molecular formula is C54H34N4. The second-order valence-electron chi connectivity index (χ2n) is 15.0. The quantitative estimate of drug-likeness (QED) is 0.176. The minimum atomic E-state index is 0.724. The zero-order valence-electron chi connectivity index (χ0n) is 31.4. The summed E-state index contributed by atoms with van der Waals surface area (Å²) in [5.74, 6) is 0.724. The van der Waals surface area contributed by atoms with Gasteiger partial charge < -0.3 is 9.13 Å². The SMILES string of the molecule is c1ccc(-c2nc(-c3ccccc3)c3cc(-c4ccc(-n5c6ccccc6c6cc7c8ccccc8n(-c8ccccc8)c7cc65)c5ccccc45)ccc3n2)cc1. The number of para-hydroxylation sites is 3. The Morgan fingerprint density at radius 1 is 0.310 bits per heavy atom. The molecule has 0 atom stereocenters. The average Bonchev–Trinajstić information content (AvgIpc) is 3.80. The van der Waals surface area contributed by atoms with Crippen LogP contribution in [0.25, 0.3) is 110 Å². The molecule has 12 rings (SSSR count). The number of aromatic nitrogens is 4. The van der Waals surface area contributed by atoms with Crippen molar-refractivity contribution in [3.05, 3.63) is 206 Å². The summed E-state index contributed by atoms with van der Waals surface area (Å²) in [4.78, 5) is 10.3. The van der Waals surface area contributed by atoms with Gasteiger partial charge in [-0.05, 0) is 71.1 Å². The van der Waals surface area contributed by atoms with Crippen LogP contribution < -0.4 is 0 Å². The molecule has 0 aliphatic heterocycles. The number of fused-ring (bicyclic) bond motifs is 8. The molecule has 0 amide bonds. The summed E-state index contributed by atoms with van der Waals surface area (Å²) in [6.45, 7) is 0. The maximum atomic E-state index is 5.19. The smallest absolute Gasteiger partial charge is 0.160 e. The molecule has 0 radical (unpaired) electrons. The highest BCUT2D eigenvalue weighted by atomic mass is 15.0. The van der Waals surface area contributed by atoms with Gasteiger partial charge in [-0.25, -0.2) is 9.97 Å². The third kappa shape index (κ3) is 4.95. The lowest BCUT2D eigenvalue weighted by atomic mass is 9.95. The van der Waals surface area contributed by atoms with Crippen LogP contribution in [0.4, 0.5) is 0 Å². The Bertz CT molecular complexity index is 3550. The van der Waals surface area contributed by atoms with Crippen molar-refractivity contribution in [3.8, 4) is 45.1 Å². The van der Waals surface area contributed by atoms with Crippen LogP contribution >= 0.6 is 0 Å². The zero-order chi connectivity index (χ0) is 38.2. The molecule has 4 heteroatoms. The molecule has 0 saturated carbocycles. The first kappa shape index (κ1) is 32.4. The molecule has 4 nitrogen and oxygen atoms in total. The van der Waals surface area contributed by atoms with Gasteiger partial charge in [-0.2, -0.15) is 0 Å². The van der Waals surface area contributed by atoms with Gasteiger partial charge in [-0.3, -0.25) is 0 Å². The van der Waals surface area contributed by atoms with Crippen molar-refractivity contribution >= 4 is 65.3 Å². The highest BCUT2D eigenvalue weighted by molar-refractivity contribution is 6.20. The fourth-order valence-corrected chi connectivity index (χ4v) is 9.10. The third-order valence-electron chi connectivity index (χ3n) is 11.7. The molecule has 0 aliphatic carbocycles. The van der Waals surface area contributed by atoms with Gasteiger partial charge in [-0.1, -0.05) is 152 Å². The van der Waals surface area contributed by atoms with Crippen molar-refractivity contribution in [3.63, 3.8) is 0 Å². The third-order valence-corrected chi connectivity index (χ3v) is 11.7. The van der Waals surface area contributed by atoms with Crippen LogP contribution in [0.2, 0.25) is 0 Å². The van der Waals surface area contributed by atoms with Crippen LogP contribution in [0.15, 0.2) is 206 Å². The van der Waals surface area contributed by atoms with Crippen LogP contribution in [0.3, 0.4) is 0 Å². The van der Waals surface area contributed by atoms with Crippen LogP contribution in [-0.4, -0.2) is 19.1 Å². The fourth-order valence-electron chi connectivity index (χ4n) is 9.10. The van der Waals surface area contributed by atoms with E-state index in [-0.39, 0.29) is 0 Å². The molecule has 3 heterocycles. The van der Waals surface area contributed by atoms with Gasteiger partial charge in [0.25, 0.3) is 0 Å². The van der Waals surface area contributed by atoms with Gasteiger partial charge in [-0.15, -0.1) is 0 Å². The van der Waals surface area contributed by atoms with Crippen molar-refractivity contribution in [2.24, 2.45) is 0 Å². The number of nitrogens with zero attached hydrogens (tertiary/aromatic N) is 4. The molecule has 0 fully saturated rings. The molecule has 9 aromatic carbocycles. The molecular weight excluding hydrogens is 705 g/mol. The van der Waals surface area contributed by atoms with Crippen molar-refractivity contribution in [2.45, 2.75) is 0 Å². The van der Waals surface area contributed by atoms with Crippen molar-refractivity contribution in [1.82, 2.24) is 19.1 Å². The van der Waals surface area contributed by atoms with Crippen LogP contribution in [0.5, 0.6) is 0 Å². The fraction of sp³-hybridized carbons (Fsp3) is 0. The first-order chi connectivity index (χ1) is 28.8. The lowest BCUT2D eigenvalue weighted by Crippen LogP contribution is -1.98. The van der Waals surface area contributed by atoms with E-state index in [1.54, 1.807) is 0 Å². The highest BCUT2D eigenvalue weighted by Crippen LogP contribution is 2.42. The Morgan fingerprint density at radius 2 is 0.879 bits per heavy atom. The van der Waals surface area contributed by atoms with Crippen LogP contribution in [0, 0.1) is 0 Å². The maximum absolute atomic E-state index is 5.19. The Balaban J connectivity index is 1.09. The number of benzene rings is 9. The van der Waals surface area contributed by atoms with Crippen molar-refractivity contribution in [2.75, 3.05) is 0 Å². The Kier molecular flexibility index (Phi) is 7.20. The largest absolute Gasteiger partial charge is 0.309 e. The summed E-state index contributed by atoms with van der Waals surface area (Å²) in [5, 5.41) is 8.38. The van der Waals surface area contributed by atoms with Crippen molar-refractivity contribution < 1.29 is 0 Å². The summed E-state index contributed by atoms with van der Waals surface area (Å²) >= 11 is 0. The molecule has 58 heavy (non-hydrogen) atoms. The Morgan fingerprint density at radius 3 is 1.59 bits per heavy atom. The number of rotatable bonds is 5. The van der Waals surface area contributed by atoms with E-state index < -0.39 is 0 Å². The minimum absolute atomic E-state index is 0.724. The van der Waals surface area contributed by atoms with Gasteiger partial charge >= 0.3 is 0 Å². The molecule has 0 N–H and O–H groups in total. The van der Waals surface area contributed by atoms with E-state index in [1.807, 2.05) is 24.3 Å². The van der Waals surface area contributed by atoms with Gasteiger partial charge in [0.2, 0.25) is 0 Å². The Hall–Kier alpha value is -7.82. The van der Waals surface area contributed by atoms with Gasteiger partial charge in [0.05, 0.1) is 39.0 Å². The summed E-state index contributed by atoms with van der Waals surface area (Å²) in [6.07, 6.45) is 0. The molecule has 12 aromatic rings. The number of hydrogen-bond acceptors (Lipinski definition) is 2. The van der Waals surface area contributed by atoms with Gasteiger partial charge in [0.1, 0.15) is 0 Å². The summed E-state index contributed by atoms with van der Waals surface area (Å²) < 4.78 is 4.87. The van der Waals surface area contributed by atoms with E-state index in [0.29, 0.717) is 0 Å². The summed E-state index contributed by atoms with van der Waals surface area (Å²) in [5.41, 5.74) is 13.3. The van der Waals surface area contributed by atoms with Gasteiger partial charge in [0, 0.05) is 49.1 Å². The normalized spacial score (nSPS) is 11.8. The van der Waals surface area contributed by atoms with E-state index in [4.69, 9.17) is 9.97 Å². The first-order valence-corrected chi connectivity index (χ1v) is 19.8. The predicted octanol–water partition coefficient (Wildman–Crippen LogP) is 14.0. The monoisotopic (exact) mass is 738 g/mol. The molecule has 0 bridgehead atoms. The molecule has 3 aromatic heterocycles. The van der Waals surface area contributed by atoms with Crippen LogP contribution in [0.1, 0.15) is 0 Å². The average molecular weight is 739 g/mol. The molecule has 0 saturated heterocycles. The van der Waals surface area contributed by atoms with Crippen LogP contribution in [-0.2, 0) is 0 Å². The lowest BCUT2D eigenvalue weighted by molar-refractivity contribution is 1.17. The van der Waals surface area contributed by atoms with E-state index >= 15 is 0 Å². The molecule has 0 unspecified atom stereocenters. The molecule has 0 aliphatic rings. The summed E-state index contributed by atoms with van der Waals surface area (Å²) in [7, 11) is 0. The lowest BCUT2D eigenvalue weighted by Gasteiger charge is -2.16. The predicted molar refractivity (Wildman–Crippen MR) is 242 cm³/mol. The van der Waals surface area contributed by atoms with Crippen molar-refractivity contribution in [1.29, 1.82) is 0 Å². The minimum Gasteiger partial charge on any atom is -0.309 e. The Labute approximate surface area is 334 Å². The topological polar surface area (TPSA) is 35.6 Å². The van der Waals surface area contributed by atoms with E-state index in [0.717, 1.165) is 50.5 Å². The maximum Gasteiger partial charge on any atom is 0.160 e. The second kappa shape index (κ2) is 12.9. The first-order valence-electron chi connectivity index (χ1n) is 19.8. The molecule has 270 valence electrons. The molecule has 0 spiro atoms. The number of hydrogen-bond donors (Lipinski definition) is 0. The summed E-state index contributed by atoms with van der Waals surface area (Å²) in [6, 6.07) is 73.8. The van der Waals surface area contributed by atoms with E-state index in [1.165, 1.54) is 59.9 Å². The van der Waals surface area contributed by atoms with E-state index in [2.05, 4.69) is 191 Å². The van der Waals surface area contributed by atoms with E-state index in [9.17, 15) is 0 Å². The second-order valence-corrected chi connectivity index (χ2v) is 15.0. The highest BCUT2D eigenvalue weighted by Gasteiger charge is 2.20.